The van der Waals surface area contributed by atoms with Gasteiger partial charge in [-0.2, -0.15) is 5.10 Å². The van der Waals surface area contributed by atoms with Gasteiger partial charge >= 0.3 is 0 Å². The first-order chi connectivity index (χ1) is 10.8. The van der Waals surface area contributed by atoms with Gasteiger partial charge in [-0.1, -0.05) is 0 Å². The molecule has 1 N–H and O–H groups in total. The first-order valence-corrected chi connectivity index (χ1v) is 10.4. The van der Waals surface area contributed by atoms with Crippen molar-refractivity contribution >= 4 is 21.2 Å². The Morgan fingerprint density at radius 2 is 2.22 bits per heavy atom. The van der Waals surface area contributed by atoms with Crippen LogP contribution in [0.1, 0.15) is 27.9 Å². The van der Waals surface area contributed by atoms with Crippen molar-refractivity contribution in [1.82, 2.24) is 14.7 Å². The van der Waals surface area contributed by atoms with Crippen molar-refractivity contribution in [3.8, 4) is 0 Å². The molecule has 0 saturated carbocycles. The van der Waals surface area contributed by atoms with E-state index in [1.807, 2.05) is 10.7 Å². The SMILES string of the molecule is Cc1ccsc1CN1CCn2nc([C@H](O)CS(C)(=O)=O)cc2C1. The molecule has 23 heavy (non-hydrogen) atoms. The molecule has 0 unspecified atom stereocenters. The van der Waals surface area contributed by atoms with Crippen LogP contribution in [0.25, 0.3) is 0 Å². The Hall–Kier alpha value is -1.22. The van der Waals surface area contributed by atoms with Crippen LogP contribution in [0.3, 0.4) is 0 Å². The molecule has 1 aliphatic rings. The number of aryl methyl sites for hydroxylation is 1. The second-order valence-corrected chi connectivity index (χ2v) is 9.31. The van der Waals surface area contributed by atoms with Crippen LogP contribution in [0, 0.1) is 6.92 Å². The van der Waals surface area contributed by atoms with Crippen LogP contribution in [0.4, 0.5) is 0 Å². The van der Waals surface area contributed by atoms with Crippen LogP contribution in [0.2, 0.25) is 0 Å². The van der Waals surface area contributed by atoms with E-state index in [-0.39, 0.29) is 5.75 Å². The zero-order valence-electron chi connectivity index (χ0n) is 13.3. The molecule has 0 aromatic carbocycles. The molecule has 2 aromatic rings. The Labute approximate surface area is 140 Å². The Morgan fingerprint density at radius 1 is 1.43 bits per heavy atom. The summed E-state index contributed by atoms with van der Waals surface area (Å²) in [7, 11) is -3.23. The summed E-state index contributed by atoms with van der Waals surface area (Å²) in [5.74, 6) is -0.290. The summed E-state index contributed by atoms with van der Waals surface area (Å²) in [6.45, 7) is 5.45. The topological polar surface area (TPSA) is 75.4 Å². The van der Waals surface area contributed by atoms with Gasteiger partial charge in [0.2, 0.25) is 0 Å². The van der Waals surface area contributed by atoms with E-state index < -0.39 is 15.9 Å². The maximum absolute atomic E-state index is 11.3. The molecule has 0 bridgehead atoms. The van der Waals surface area contributed by atoms with Gasteiger partial charge in [0.25, 0.3) is 0 Å². The third-order valence-corrected chi connectivity index (χ3v) is 5.96. The van der Waals surface area contributed by atoms with Gasteiger partial charge in [-0.25, -0.2) is 8.42 Å². The summed E-state index contributed by atoms with van der Waals surface area (Å²) in [6, 6.07) is 3.96. The molecule has 1 atom stereocenters. The van der Waals surface area contributed by atoms with Crippen LogP contribution >= 0.6 is 11.3 Å². The summed E-state index contributed by atoms with van der Waals surface area (Å²) < 4.78 is 24.5. The average molecular weight is 355 g/mol. The molecule has 0 radical (unpaired) electrons. The zero-order chi connectivity index (χ0) is 16.6. The van der Waals surface area contributed by atoms with Crippen molar-refractivity contribution < 1.29 is 13.5 Å². The number of sulfone groups is 1. The van der Waals surface area contributed by atoms with E-state index in [2.05, 4.69) is 28.4 Å². The van der Waals surface area contributed by atoms with Crippen molar-refractivity contribution in [1.29, 1.82) is 0 Å². The zero-order valence-corrected chi connectivity index (χ0v) is 14.9. The number of fused-ring (bicyclic) bond motifs is 1. The smallest absolute Gasteiger partial charge is 0.150 e. The number of thiophene rings is 1. The molecule has 0 saturated heterocycles. The minimum atomic E-state index is -3.23. The van der Waals surface area contributed by atoms with E-state index >= 15 is 0 Å². The summed E-state index contributed by atoms with van der Waals surface area (Å²) in [5, 5.41) is 16.5. The summed E-state index contributed by atoms with van der Waals surface area (Å²) in [5.41, 5.74) is 2.78. The molecule has 0 aliphatic carbocycles. The maximum Gasteiger partial charge on any atom is 0.150 e. The van der Waals surface area contributed by atoms with Gasteiger partial charge in [0.05, 0.1) is 23.7 Å². The lowest BCUT2D eigenvalue weighted by molar-refractivity contribution is 0.191. The van der Waals surface area contributed by atoms with Gasteiger partial charge < -0.3 is 5.11 Å². The molecule has 1 aliphatic heterocycles. The van der Waals surface area contributed by atoms with E-state index in [9.17, 15) is 13.5 Å². The number of hydrogen-bond acceptors (Lipinski definition) is 6. The minimum Gasteiger partial charge on any atom is -0.386 e. The summed E-state index contributed by atoms with van der Waals surface area (Å²) in [4.78, 5) is 3.72. The summed E-state index contributed by atoms with van der Waals surface area (Å²) in [6.07, 6.45) is 0.0632. The van der Waals surface area contributed by atoms with E-state index in [1.165, 1.54) is 10.4 Å². The first-order valence-electron chi connectivity index (χ1n) is 7.49. The fourth-order valence-corrected chi connectivity index (χ4v) is 4.47. The van der Waals surface area contributed by atoms with E-state index in [1.54, 1.807) is 11.3 Å². The molecule has 3 heterocycles. The molecule has 0 amide bonds. The quantitative estimate of drug-likeness (QED) is 0.876. The number of nitrogens with zero attached hydrogens (tertiary/aromatic N) is 3. The standard InChI is InChI=1S/C15H21N3O3S2/c1-11-3-6-22-15(11)9-17-4-5-18-12(8-17)7-13(16-18)14(19)10-23(2,20)21/h3,6-7,14,19H,4-5,8-10H2,1-2H3/t14-/m1/s1. The summed E-state index contributed by atoms with van der Waals surface area (Å²) >= 11 is 1.77. The van der Waals surface area contributed by atoms with Crippen molar-refractivity contribution in [2.45, 2.75) is 32.7 Å². The second kappa shape index (κ2) is 6.35. The number of aliphatic hydroxyl groups is 1. The van der Waals surface area contributed by atoms with Crippen LogP contribution in [0.5, 0.6) is 0 Å². The molecule has 8 heteroatoms. The van der Waals surface area contributed by atoms with E-state index in [4.69, 9.17) is 0 Å². The molecule has 6 nitrogen and oxygen atoms in total. The lowest BCUT2D eigenvalue weighted by Gasteiger charge is -2.27. The first kappa shape index (κ1) is 16.6. The van der Waals surface area contributed by atoms with Crippen LogP contribution in [-0.2, 0) is 29.5 Å². The molecule has 3 rings (SSSR count). The third-order valence-electron chi connectivity index (χ3n) is 4.03. The van der Waals surface area contributed by atoms with Gasteiger partial charge in [-0.3, -0.25) is 9.58 Å². The number of hydrogen-bond donors (Lipinski definition) is 1. The Kier molecular flexibility index (Phi) is 4.59. The predicted octanol–water partition coefficient (Wildman–Crippen LogP) is 1.35. The lowest BCUT2D eigenvalue weighted by atomic mass is 10.2. The van der Waals surface area contributed by atoms with Crippen molar-refractivity contribution in [2.24, 2.45) is 0 Å². The van der Waals surface area contributed by atoms with Gasteiger partial charge in [0.15, 0.2) is 0 Å². The Bertz CT molecular complexity index is 795. The Balaban J connectivity index is 1.70. The normalized spacial score (nSPS) is 17.2. The van der Waals surface area contributed by atoms with Crippen LogP contribution in [0.15, 0.2) is 17.5 Å². The van der Waals surface area contributed by atoms with Crippen molar-refractivity contribution in [3.63, 3.8) is 0 Å². The maximum atomic E-state index is 11.3. The molecule has 0 fully saturated rings. The average Bonchev–Trinajstić information content (AvgIpc) is 3.03. The van der Waals surface area contributed by atoms with Crippen molar-refractivity contribution in [2.75, 3.05) is 18.6 Å². The van der Waals surface area contributed by atoms with Gasteiger partial charge in [0.1, 0.15) is 15.9 Å². The third kappa shape index (κ3) is 4.00. The van der Waals surface area contributed by atoms with E-state index in [0.717, 1.165) is 38.1 Å². The highest BCUT2D eigenvalue weighted by Gasteiger charge is 2.23. The molecular weight excluding hydrogens is 334 g/mol. The minimum absolute atomic E-state index is 0.290. The van der Waals surface area contributed by atoms with Gasteiger partial charge in [0, 0.05) is 30.8 Å². The molecule has 0 spiro atoms. The number of aromatic nitrogens is 2. The highest BCUT2D eigenvalue weighted by atomic mass is 32.2. The fraction of sp³-hybridized carbons (Fsp3) is 0.533. The molecule has 2 aromatic heterocycles. The van der Waals surface area contributed by atoms with Gasteiger partial charge in [-0.15, -0.1) is 11.3 Å². The van der Waals surface area contributed by atoms with Crippen LogP contribution in [-0.4, -0.2) is 46.8 Å². The fourth-order valence-electron chi connectivity index (χ4n) is 2.78. The lowest BCUT2D eigenvalue weighted by Crippen LogP contribution is -2.33. The van der Waals surface area contributed by atoms with Crippen LogP contribution < -0.4 is 0 Å². The molecule has 126 valence electrons. The highest BCUT2D eigenvalue weighted by molar-refractivity contribution is 7.90. The largest absolute Gasteiger partial charge is 0.386 e. The van der Waals surface area contributed by atoms with E-state index in [0.29, 0.717) is 5.69 Å². The second-order valence-electron chi connectivity index (χ2n) is 6.13. The molecular formula is C15H21N3O3S2. The number of rotatable bonds is 5. The van der Waals surface area contributed by atoms with Crippen molar-refractivity contribution in [3.05, 3.63) is 39.3 Å². The monoisotopic (exact) mass is 355 g/mol. The number of aliphatic hydroxyl groups excluding tert-OH is 1. The predicted molar refractivity (Wildman–Crippen MR) is 90.1 cm³/mol. The Morgan fingerprint density at radius 3 is 2.87 bits per heavy atom. The highest BCUT2D eigenvalue weighted by Crippen LogP contribution is 2.23. The van der Waals surface area contributed by atoms with Gasteiger partial charge in [-0.05, 0) is 30.0 Å².